The van der Waals surface area contributed by atoms with Gasteiger partial charge in [-0.05, 0) is 13.0 Å². The van der Waals surface area contributed by atoms with Gasteiger partial charge in [-0.1, -0.05) is 0 Å². The first kappa shape index (κ1) is 11.9. The molecule has 0 bridgehead atoms. The molecule has 0 fully saturated rings. The zero-order valence-corrected chi connectivity index (χ0v) is 9.90. The third kappa shape index (κ3) is 2.74. The number of benzene rings is 1. The van der Waals surface area contributed by atoms with Gasteiger partial charge in [-0.2, -0.15) is 0 Å². The Labute approximate surface area is 100 Å². The van der Waals surface area contributed by atoms with Gasteiger partial charge in [0.05, 0.1) is 13.7 Å². The molecule has 0 saturated carbocycles. The van der Waals surface area contributed by atoms with E-state index in [-0.39, 0.29) is 0 Å². The second-order valence-electron chi connectivity index (χ2n) is 3.64. The lowest BCUT2D eigenvalue weighted by Gasteiger charge is -2.21. The quantitative estimate of drug-likeness (QED) is 0.782. The molecule has 0 atom stereocenters. The Hall–Kier alpha value is -1.62. The summed E-state index contributed by atoms with van der Waals surface area (Å²) < 4.78 is 21.8. The van der Waals surface area contributed by atoms with Crippen LogP contribution < -0.4 is 24.7 Å². The van der Waals surface area contributed by atoms with Crippen LogP contribution >= 0.6 is 0 Å². The normalized spacial score (nSPS) is 13.3. The van der Waals surface area contributed by atoms with E-state index in [4.69, 9.17) is 24.7 Å². The number of ether oxygens (including phenoxy) is 4. The van der Waals surface area contributed by atoms with Crippen LogP contribution in [0.25, 0.3) is 0 Å². The number of methoxy groups -OCH3 is 1. The Morgan fingerprint density at radius 1 is 1.29 bits per heavy atom. The third-order valence-corrected chi connectivity index (χ3v) is 2.42. The maximum absolute atomic E-state index is 5.56. The van der Waals surface area contributed by atoms with Crippen LogP contribution in [0.5, 0.6) is 23.0 Å². The van der Waals surface area contributed by atoms with E-state index in [2.05, 4.69) is 0 Å². The number of hydrogen-bond donors (Lipinski definition) is 1. The fourth-order valence-corrected chi connectivity index (χ4v) is 1.61. The minimum absolute atomic E-state index is 0.538. The number of hydrogen-bond acceptors (Lipinski definition) is 5. The SMILES string of the molecule is COc1cc(OCCCN)cc2c1OCCO2. The zero-order chi connectivity index (χ0) is 12.1. The van der Waals surface area contributed by atoms with E-state index in [1.807, 2.05) is 6.07 Å². The Balaban J connectivity index is 2.17. The van der Waals surface area contributed by atoms with Crippen molar-refractivity contribution in [2.75, 3.05) is 33.5 Å². The van der Waals surface area contributed by atoms with Gasteiger partial charge >= 0.3 is 0 Å². The summed E-state index contributed by atoms with van der Waals surface area (Å²) in [6.45, 7) is 2.28. The molecule has 0 saturated heterocycles. The van der Waals surface area contributed by atoms with Gasteiger partial charge in [0.15, 0.2) is 11.5 Å². The molecule has 0 aromatic heterocycles. The highest BCUT2D eigenvalue weighted by atomic mass is 16.6. The van der Waals surface area contributed by atoms with E-state index in [9.17, 15) is 0 Å². The molecule has 17 heavy (non-hydrogen) atoms. The number of nitrogens with two attached hydrogens (primary N) is 1. The molecule has 0 amide bonds. The molecule has 0 radical (unpaired) electrons. The van der Waals surface area contributed by atoms with Crippen molar-refractivity contribution < 1.29 is 18.9 Å². The van der Waals surface area contributed by atoms with Crippen molar-refractivity contribution in [1.82, 2.24) is 0 Å². The molecule has 5 heteroatoms. The summed E-state index contributed by atoms with van der Waals surface area (Å²) in [5.41, 5.74) is 5.41. The summed E-state index contributed by atoms with van der Waals surface area (Å²) >= 11 is 0. The highest BCUT2D eigenvalue weighted by Gasteiger charge is 2.18. The summed E-state index contributed by atoms with van der Waals surface area (Å²) in [6, 6.07) is 3.61. The molecule has 2 N–H and O–H groups in total. The molecule has 1 aliphatic rings. The Kier molecular flexibility index (Phi) is 3.93. The van der Waals surface area contributed by atoms with Gasteiger partial charge in [-0.25, -0.2) is 0 Å². The first-order chi connectivity index (χ1) is 8.35. The molecule has 1 aromatic rings. The first-order valence-electron chi connectivity index (χ1n) is 5.65. The van der Waals surface area contributed by atoms with E-state index in [0.29, 0.717) is 49.4 Å². The lowest BCUT2D eigenvalue weighted by molar-refractivity contribution is 0.163. The second-order valence-corrected chi connectivity index (χ2v) is 3.64. The van der Waals surface area contributed by atoms with Gasteiger partial charge in [0, 0.05) is 12.1 Å². The molecule has 0 aliphatic carbocycles. The van der Waals surface area contributed by atoms with Crippen molar-refractivity contribution >= 4 is 0 Å². The molecular weight excluding hydrogens is 222 g/mol. The van der Waals surface area contributed by atoms with E-state index in [0.717, 1.165) is 6.42 Å². The monoisotopic (exact) mass is 239 g/mol. The summed E-state index contributed by atoms with van der Waals surface area (Å²) in [6.07, 6.45) is 0.816. The molecule has 1 heterocycles. The van der Waals surface area contributed by atoms with Crippen molar-refractivity contribution in [2.24, 2.45) is 5.73 Å². The molecule has 5 nitrogen and oxygen atoms in total. The summed E-state index contributed by atoms with van der Waals surface area (Å²) in [7, 11) is 1.59. The first-order valence-corrected chi connectivity index (χ1v) is 5.65. The summed E-state index contributed by atoms with van der Waals surface area (Å²) in [5.74, 6) is 2.65. The second kappa shape index (κ2) is 5.63. The van der Waals surface area contributed by atoms with Crippen molar-refractivity contribution in [1.29, 1.82) is 0 Å². The predicted octanol–water partition coefficient (Wildman–Crippen LogP) is 1.19. The van der Waals surface area contributed by atoms with Crippen LogP contribution in [-0.2, 0) is 0 Å². The lowest BCUT2D eigenvalue weighted by Crippen LogP contribution is -2.16. The maximum atomic E-state index is 5.56. The van der Waals surface area contributed by atoms with E-state index in [1.165, 1.54) is 0 Å². The van der Waals surface area contributed by atoms with Crippen LogP contribution in [0.2, 0.25) is 0 Å². The highest BCUT2D eigenvalue weighted by molar-refractivity contribution is 5.56. The Morgan fingerprint density at radius 3 is 2.88 bits per heavy atom. The van der Waals surface area contributed by atoms with E-state index >= 15 is 0 Å². The van der Waals surface area contributed by atoms with Gasteiger partial charge in [0.1, 0.15) is 19.0 Å². The predicted molar refractivity (Wildman–Crippen MR) is 63.2 cm³/mol. The van der Waals surface area contributed by atoms with Crippen LogP contribution in [0.3, 0.4) is 0 Å². The van der Waals surface area contributed by atoms with Crippen LogP contribution in [0.15, 0.2) is 12.1 Å². The Bertz CT molecular complexity index is 364. The molecule has 1 aromatic carbocycles. The fraction of sp³-hybridized carbons (Fsp3) is 0.500. The van der Waals surface area contributed by atoms with E-state index < -0.39 is 0 Å². The largest absolute Gasteiger partial charge is 0.493 e. The average Bonchev–Trinajstić information content (AvgIpc) is 2.38. The molecular formula is C12H17NO4. The zero-order valence-electron chi connectivity index (χ0n) is 9.90. The molecule has 2 rings (SSSR count). The van der Waals surface area contributed by atoms with Crippen LogP contribution in [0.1, 0.15) is 6.42 Å². The van der Waals surface area contributed by atoms with Gasteiger partial charge in [0.2, 0.25) is 5.75 Å². The van der Waals surface area contributed by atoms with Gasteiger partial charge in [0.25, 0.3) is 0 Å². The van der Waals surface area contributed by atoms with E-state index in [1.54, 1.807) is 13.2 Å². The van der Waals surface area contributed by atoms with Crippen LogP contribution in [-0.4, -0.2) is 33.5 Å². The minimum Gasteiger partial charge on any atom is -0.493 e. The van der Waals surface area contributed by atoms with Crippen molar-refractivity contribution in [2.45, 2.75) is 6.42 Å². The standard InChI is InChI=1S/C12H17NO4/c1-14-10-7-9(15-4-2-3-13)8-11-12(10)17-6-5-16-11/h7-8H,2-6,13H2,1H3. The summed E-state index contributed by atoms with van der Waals surface area (Å²) in [5, 5.41) is 0. The van der Waals surface area contributed by atoms with Crippen LogP contribution in [0.4, 0.5) is 0 Å². The molecule has 94 valence electrons. The topological polar surface area (TPSA) is 62.9 Å². The minimum atomic E-state index is 0.538. The number of rotatable bonds is 5. The third-order valence-electron chi connectivity index (χ3n) is 2.42. The highest BCUT2D eigenvalue weighted by Crippen LogP contribution is 2.42. The molecule has 0 spiro atoms. The summed E-state index contributed by atoms with van der Waals surface area (Å²) in [4.78, 5) is 0. The van der Waals surface area contributed by atoms with Gasteiger partial charge in [-0.3, -0.25) is 0 Å². The average molecular weight is 239 g/mol. The van der Waals surface area contributed by atoms with Gasteiger partial charge < -0.3 is 24.7 Å². The Morgan fingerprint density at radius 2 is 2.12 bits per heavy atom. The number of fused-ring (bicyclic) bond motifs is 1. The van der Waals surface area contributed by atoms with Crippen LogP contribution in [0, 0.1) is 0 Å². The fourth-order valence-electron chi connectivity index (χ4n) is 1.61. The van der Waals surface area contributed by atoms with Gasteiger partial charge in [-0.15, -0.1) is 0 Å². The van der Waals surface area contributed by atoms with Crippen molar-refractivity contribution in [3.8, 4) is 23.0 Å². The molecule has 0 unspecified atom stereocenters. The van der Waals surface area contributed by atoms with Crippen molar-refractivity contribution in [3.63, 3.8) is 0 Å². The smallest absolute Gasteiger partial charge is 0.203 e. The molecule has 1 aliphatic heterocycles. The maximum Gasteiger partial charge on any atom is 0.203 e. The lowest BCUT2D eigenvalue weighted by atomic mass is 10.2. The van der Waals surface area contributed by atoms with Crippen molar-refractivity contribution in [3.05, 3.63) is 12.1 Å².